The van der Waals surface area contributed by atoms with Crippen LogP contribution in [0.15, 0.2) is 12.1 Å². The maximum Gasteiger partial charge on any atom is 0.126 e. The first-order valence-electron chi connectivity index (χ1n) is 8.12. The zero-order valence-corrected chi connectivity index (χ0v) is 13.6. The van der Waals surface area contributed by atoms with E-state index in [4.69, 9.17) is 11.6 Å². The summed E-state index contributed by atoms with van der Waals surface area (Å²) in [7, 11) is 0. The summed E-state index contributed by atoms with van der Waals surface area (Å²) in [6, 6.07) is 4.64. The van der Waals surface area contributed by atoms with E-state index in [-0.39, 0.29) is 0 Å². The molecule has 1 N–H and O–H groups in total. The van der Waals surface area contributed by atoms with Crippen molar-refractivity contribution in [1.82, 2.24) is 14.8 Å². The largest absolute Gasteiger partial charge is 0.370 e. The molecular weight excluding hydrogens is 284 g/mol. The van der Waals surface area contributed by atoms with Gasteiger partial charge in [0.2, 0.25) is 0 Å². The van der Waals surface area contributed by atoms with E-state index in [0.29, 0.717) is 0 Å². The van der Waals surface area contributed by atoms with E-state index in [9.17, 15) is 0 Å². The molecule has 4 nitrogen and oxygen atoms in total. The molecule has 1 aromatic rings. The number of nitrogens with one attached hydrogen (secondary N) is 1. The minimum atomic E-state index is 0.739. The van der Waals surface area contributed by atoms with E-state index in [2.05, 4.69) is 27.0 Å². The maximum atomic E-state index is 6.31. The van der Waals surface area contributed by atoms with Crippen LogP contribution >= 0.6 is 11.6 Å². The summed E-state index contributed by atoms with van der Waals surface area (Å²) >= 11 is 6.31. The van der Waals surface area contributed by atoms with Crippen molar-refractivity contribution in [3.63, 3.8) is 0 Å². The lowest BCUT2D eigenvalue weighted by molar-refractivity contribution is 0.229. The predicted molar refractivity (Wildman–Crippen MR) is 87.9 cm³/mol. The number of aromatic nitrogens is 1. The highest BCUT2D eigenvalue weighted by Crippen LogP contribution is 2.24. The highest BCUT2D eigenvalue weighted by molar-refractivity contribution is 6.31. The first-order chi connectivity index (χ1) is 10.3. The SMILES string of the molecule is CCNc1ccc(Cl)c(CN2CCC(N3CCCC3)C2)n1. The van der Waals surface area contributed by atoms with Gasteiger partial charge in [-0.15, -0.1) is 0 Å². The van der Waals surface area contributed by atoms with Crippen molar-refractivity contribution < 1.29 is 0 Å². The quantitative estimate of drug-likeness (QED) is 0.906. The second-order valence-corrected chi connectivity index (χ2v) is 6.48. The van der Waals surface area contributed by atoms with E-state index in [0.717, 1.165) is 48.8 Å². The molecule has 3 heterocycles. The van der Waals surface area contributed by atoms with E-state index < -0.39 is 0 Å². The molecule has 0 radical (unpaired) electrons. The number of hydrogen-bond acceptors (Lipinski definition) is 4. The zero-order chi connectivity index (χ0) is 14.7. The summed E-state index contributed by atoms with van der Waals surface area (Å²) in [4.78, 5) is 9.80. The molecule has 116 valence electrons. The van der Waals surface area contributed by atoms with Crippen LogP contribution in [0.1, 0.15) is 31.9 Å². The van der Waals surface area contributed by atoms with Crippen LogP contribution in [0.25, 0.3) is 0 Å². The van der Waals surface area contributed by atoms with Crippen LogP contribution in [-0.2, 0) is 6.54 Å². The Morgan fingerprint density at radius 1 is 1.29 bits per heavy atom. The van der Waals surface area contributed by atoms with Crippen molar-refractivity contribution in [2.75, 3.05) is 38.0 Å². The fourth-order valence-electron chi connectivity index (χ4n) is 3.45. The summed E-state index contributed by atoms with van der Waals surface area (Å²) in [5, 5.41) is 4.04. The molecule has 0 amide bonds. The van der Waals surface area contributed by atoms with Gasteiger partial charge in [0, 0.05) is 32.2 Å². The lowest BCUT2D eigenvalue weighted by Crippen LogP contribution is -2.35. The molecule has 3 rings (SSSR count). The van der Waals surface area contributed by atoms with E-state index in [1.165, 1.54) is 32.4 Å². The highest BCUT2D eigenvalue weighted by Gasteiger charge is 2.29. The number of nitrogens with zero attached hydrogens (tertiary/aromatic N) is 3. The van der Waals surface area contributed by atoms with Crippen molar-refractivity contribution in [3.05, 3.63) is 22.8 Å². The zero-order valence-electron chi connectivity index (χ0n) is 12.8. The molecule has 0 aromatic carbocycles. The van der Waals surface area contributed by atoms with Crippen LogP contribution in [0.3, 0.4) is 0 Å². The van der Waals surface area contributed by atoms with Crippen molar-refractivity contribution in [2.24, 2.45) is 0 Å². The average molecular weight is 309 g/mol. The van der Waals surface area contributed by atoms with Crippen LogP contribution in [0.4, 0.5) is 5.82 Å². The van der Waals surface area contributed by atoms with Gasteiger partial charge in [0.25, 0.3) is 0 Å². The third-order valence-corrected chi connectivity index (χ3v) is 4.90. The fraction of sp³-hybridized carbons (Fsp3) is 0.688. The van der Waals surface area contributed by atoms with Gasteiger partial charge in [0.15, 0.2) is 0 Å². The Hall–Kier alpha value is -0.840. The van der Waals surface area contributed by atoms with Gasteiger partial charge in [0.05, 0.1) is 10.7 Å². The smallest absolute Gasteiger partial charge is 0.126 e. The second-order valence-electron chi connectivity index (χ2n) is 6.08. The first kappa shape index (κ1) is 15.1. The first-order valence-corrected chi connectivity index (χ1v) is 8.49. The van der Waals surface area contributed by atoms with Gasteiger partial charge in [-0.3, -0.25) is 9.80 Å². The number of anilines is 1. The average Bonchev–Trinajstić information content (AvgIpc) is 3.13. The Balaban J connectivity index is 1.60. The molecule has 2 fully saturated rings. The Bertz CT molecular complexity index is 473. The molecule has 0 bridgehead atoms. The number of hydrogen-bond donors (Lipinski definition) is 1. The van der Waals surface area contributed by atoms with E-state index >= 15 is 0 Å². The monoisotopic (exact) mass is 308 g/mol. The summed E-state index contributed by atoms with van der Waals surface area (Å²) < 4.78 is 0. The van der Waals surface area contributed by atoms with Crippen molar-refractivity contribution >= 4 is 17.4 Å². The van der Waals surface area contributed by atoms with Gasteiger partial charge in [-0.2, -0.15) is 0 Å². The number of pyridine rings is 1. The minimum absolute atomic E-state index is 0.739. The van der Waals surface area contributed by atoms with Gasteiger partial charge < -0.3 is 5.32 Å². The van der Waals surface area contributed by atoms with Crippen LogP contribution in [0.2, 0.25) is 5.02 Å². The normalized spacial score (nSPS) is 23.8. The Kier molecular flexibility index (Phi) is 4.99. The topological polar surface area (TPSA) is 31.4 Å². The predicted octanol–water partition coefficient (Wildman–Crippen LogP) is 2.84. The van der Waals surface area contributed by atoms with E-state index in [1.807, 2.05) is 12.1 Å². The number of likely N-dealkylation sites (tertiary alicyclic amines) is 2. The molecule has 0 saturated carbocycles. The van der Waals surface area contributed by atoms with Crippen molar-refractivity contribution in [3.8, 4) is 0 Å². The van der Waals surface area contributed by atoms with Gasteiger partial charge in [-0.1, -0.05) is 11.6 Å². The summed E-state index contributed by atoms with van der Waals surface area (Å²) in [6.45, 7) is 8.71. The third kappa shape index (κ3) is 3.68. The maximum absolute atomic E-state index is 6.31. The number of halogens is 1. The van der Waals surface area contributed by atoms with Crippen LogP contribution in [-0.4, -0.2) is 53.5 Å². The van der Waals surface area contributed by atoms with Crippen LogP contribution < -0.4 is 5.32 Å². The second kappa shape index (κ2) is 6.95. The fourth-order valence-corrected chi connectivity index (χ4v) is 3.61. The molecule has 5 heteroatoms. The Morgan fingerprint density at radius 2 is 2.10 bits per heavy atom. The highest BCUT2D eigenvalue weighted by atomic mass is 35.5. The summed E-state index contributed by atoms with van der Waals surface area (Å²) in [6.07, 6.45) is 4.02. The number of rotatable bonds is 5. The molecule has 1 atom stereocenters. The van der Waals surface area contributed by atoms with Gasteiger partial charge >= 0.3 is 0 Å². The summed E-state index contributed by atoms with van der Waals surface area (Å²) in [5.41, 5.74) is 0.997. The third-order valence-electron chi connectivity index (χ3n) is 4.55. The van der Waals surface area contributed by atoms with Gasteiger partial charge in [-0.25, -0.2) is 4.98 Å². The van der Waals surface area contributed by atoms with Crippen molar-refractivity contribution in [1.29, 1.82) is 0 Å². The molecule has 2 aliphatic heterocycles. The molecular formula is C16H25ClN4. The lowest BCUT2D eigenvalue weighted by Gasteiger charge is -2.23. The molecule has 2 aliphatic rings. The van der Waals surface area contributed by atoms with Crippen molar-refractivity contribution in [2.45, 2.75) is 38.8 Å². The molecule has 21 heavy (non-hydrogen) atoms. The lowest BCUT2D eigenvalue weighted by atomic mass is 10.2. The summed E-state index contributed by atoms with van der Waals surface area (Å²) in [5.74, 6) is 0.923. The molecule has 1 aromatic heterocycles. The van der Waals surface area contributed by atoms with Gasteiger partial charge in [0.1, 0.15) is 5.82 Å². The van der Waals surface area contributed by atoms with E-state index in [1.54, 1.807) is 0 Å². The Morgan fingerprint density at radius 3 is 2.86 bits per heavy atom. The van der Waals surface area contributed by atoms with Crippen LogP contribution in [0.5, 0.6) is 0 Å². The van der Waals surface area contributed by atoms with Gasteiger partial charge in [-0.05, 0) is 51.4 Å². The van der Waals surface area contributed by atoms with Crippen LogP contribution in [0, 0.1) is 0 Å². The molecule has 0 aliphatic carbocycles. The molecule has 2 saturated heterocycles. The minimum Gasteiger partial charge on any atom is -0.370 e. The molecule has 0 spiro atoms. The Labute approximate surface area is 132 Å². The standard InChI is InChI=1S/C16H25ClN4/c1-2-18-16-6-5-14(17)15(19-16)12-20-10-7-13(11-20)21-8-3-4-9-21/h5-6,13H,2-4,7-12H2,1H3,(H,18,19). The molecule has 1 unspecified atom stereocenters.